The van der Waals surface area contributed by atoms with Crippen LogP contribution < -0.4 is 0 Å². The number of ketones is 1. The summed E-state index contributed by atoms with van der Waals surface area (Å²) < 4.78 is 0. The van der Waals surface area contributed by atoms with Crippen LogP contribution in [0.15, 0.2) is 231 Å². The van der Waals surface area contributed by atoms with E-state index in [9.17, 15) is 0 Å². The van der Waals surface area contributed by atoms with Gasteiger partial charge in [-0.15, -0.1) is 0 Å². The molecular formula is C63H48N2O. The molecule has 2 aromatic heterocycles. The lowest BCUT2D eigenvalue weighted by Crippen LogP contribution is -2.05. The molecule has 10 aromatic rings. The highest BCUT2D eigenvalue weighted by Crippen LogP contribution is 2.39. The highest BCUT2D eigenvalue weighted by Gasteiger charge is 2.21. The Bertz CT molecular complexity index is 3100. The minimum Gasteiger partial charge on any atom is -0.289 e. The van der Waals surface area contributed by atoms with Crippen LogP contribution in [0.2, 0.25) is 0 Å². The van der Waals surface area contributed by atoms with Crippen molar-refractivity contribution in [1.82, 2.24) is 9.97 Å². The Morgan fingerprint density at radius 2 is 0.591 bits per heavy atom. The van der Waals surface area contributed by atoms with Gasteiger partial charge in [0.05, 0.1) is 22.8 Å². The van der Waals surface area contributed by atoms with Gasteiger partial charge in [-0.3, -0.25) is 4.79 Å². The highest BCUT2D eigenvalue weighted by atomic mass is 16.1. The third-order valence-electron chi connectivity index (χ3n) is 12.5. The maximum atomic E-state index is 15.6. The van der Waals surface area contributed by atoms with E-state index in [1.807, 2.05) is 84.9 Å². The van der Waals surface area contributed by atoms with Crippen LogP contribution in [0.25, 0.3) is 89.5 Å². The van der Waals surface area contributed by atoms with Gasteiger partial charge in [0.1, 0.15) is 0 Å². The van der Waals surface area contributed by atoms with Gasteiger partial charge >= 0.3 is 0 Å². The Balaban J connectivity index is 1.18. The number of rotatable bonds is 12. The highest BCUT2D eigenvalue weighted by molar-refractivity contribution is 6.11. The van der Waals surface area contributed by atoms with Gasteiger partial charge in [-0.25, -0.2) is 9.97 Å². The number of hydrogen-bond donors (Lipinski definition) is 0. The fourth-order valence-electron chi connectivity index (χ4n) is 9.27. The molecule has 0 radical (unpaired) electrons. The van der Waals surface area contributed by atoms with Crippen LogP contribution in [0.3, 0.4) is 0 Å². The second-order valence-electron chi connectivity index (χ2n) is 16.6. The lowest BCUT2D eigenvalue weighted by molar-refractivity contribution is 0.103. The number of nitrogens with zero attached hydrogens (tertiary/aromatic N) is 2. The van der Waals surface area contributed by atoms with Gasteiger partial charge in [0.2, 0.25) is 0 Å². The van der Waals surface area contributed by atoms with E-state index < -0.39 is 0 Å². The van der Waals surface area contributed by atoms with Crippen molar-refractivity contribution in [3.63, 3.8) is 0 Å². The zero-order valence-electron chi connectivity index (χ0n) is 37.2. The number of benzene rings is 8. The lowest BCUT2D eigenvalue weighted by Gasteiger charge is -2.18. The van der Waals surface area contributed by atoms with Crippen LogP contribution >= 0.6 is 0 Å². The lowest BCUT2D eigenvalue weighted by atomic mass is 9.86. The summed E-state index contributed by atoms with van der Waals surface area (Å²) in [4.78, 5) is 26.0. The van der Waals surface area contributed by atoms with Crippen LogP contribution in [-0.2, 0) is 12.8 Å². The topological polar surface area (TPSA) is 42.9 Å². The van der Waals surface area contributed by atoms with Gasteiger partial charge in [0, 0.05) is 33.4 Å². The molecule has 0 spiro atoms. The Labute approximate surface area is 387 Å². The SMILES string of the molecule is CCc1c(-c2ccccc2)cccc1-c1cc(C(=O)c2cc(-c3cccc(-c4ccccc4)n3)cc(-c3cccc(-c4ccccc4)c3CC)c2)cc(-c2cccc(-c3ccccc3)n2)c1. The molecule has 0 aliphatic carbocycles. The smallest absolute Gasteiger partial charge is 0.193 e. The van der Waals surface area contributed by atoms with E-state index in [0.29, 0.717) is 11.1 Å². The maximum Gasteiger partial charge on any atom is 0.193 e. The summed E-state index contributed by atoms with van der Waals surface area (Å²) in [6.07, 6.45) is 1.63. The van der Waals surface area contributed by atoms with Crippen LogP contribution in [0.5, 0.6) is 0 Å². The van der Waals surface area contributed by atoms with Gasteiger partial charge < -0.3 is 0 Å². The minimum absolute atomic E-state index is 0.0749. The predicted molar refractivity (Wildman–Crippen MR) is 274 cm³/mol. The van der Waals surface area contributed by atoms with Gasteiger partial charge in [-0.2, -0.15) is 0 Å². The van der Waals surface area contributed by atoms with E-state index in [2.05, 4.69) is 159 Å². The molecule has 3 heteroatoms. The third-order valence-corrected chi connectivity index (χ3v) is 12.5. The first-order valence-corrected chi connectivity index (χ1v) is 22.8. The zero-order chi connectivity index (χ0) is 44.8. The second-order valence-corrected chi connectivity index (χ2v) is 16.6. The quantitative estimate of drug-likeness (QED) is 0.115. The molecule has 10 rings (SSSR count). The summed E-state index contributed by atoms with van der Waals surface area (Å²) in [6, 6.07) is 79.4. The average molecular weight is 849 g/mol. The van der Waals surface area contributed by atoms with Gasteiger partial charge in [0.25, 0.3) is 0 Å². The first-order valence-electron chi connectivity index (χ1n) is 22.8. The molecule has 0 amide bonds. The maximum absolute atomic E-state index is 15.6. The molecule has 0 unspecified atom stereocenters. The Morgan fingerprint density at radius 3 is 0.939 bits per heavy atom. The first-order chi connectivity index (χ1) is 32.5. The van der Waals surface area contributed by atoms with E-state index in [0.717, 1.165) is 91.3 Å². The van der Waals surface area contributed by atoms with Crippen molar-refractivity contribution in [2.24, 2.45) is 0 Å². The van der Waals surface area contributed by atoms with Crippen molar-refractivity contribution in [2.45, 2.75) is 26.7 Å². The summed E-state index contributed by atoms with van der Waals surface area (Å²) >= 11 is 0. The minimum atomic E-state index is -0.0749. The van der Waals surface area contributed by atoms with E-state index in [4.69, 9.17) is 9.97 Å². The summed E-state index contributed by atoms with van der Waals surface area (Å²) in [7, 11) is 0. The molecular weight excluding hydrogens is 801 g/mol. The number of aromatic nitrogens is 2. The fourth-order valence-corrected chi connectivity index (χ4v) is 9.27. The molecule has 66 heavy (non-hydrogen) atoms. The van der Waals surface area contributed by atoms with Crippen molar-refractivity contribution < 1.29 is 4.79 Å². The summed E-state index contributed by atoms with van der Waals surface area (Å²) in [6.45, 7) is 4.41. The predicted octanol–water partition coefficient (Wildman–Crippen LogP) is 16.2. The number of pyridine rings is 2. The van der Waals surface area contributed by atoms with Gasteiger partial charge in [-0.05, 0) is 129 Å². The van der Waals surface area contributed by atoms with E-state index in [1.165, 1.54) is 22.3 Å². The second kappa shape index (κ2) is 18.8. The Morgan fingerprint density at radius 1 is 0.303 bits per heavy atom. The average Bonchev–Trinajstić information content (AvgIpc) is 3.41. The molecule has 0 fully saturated rings. The molecule has 0 saturated carbocycles. The van der Waals surface area contributed by atoms with Crippen LogP contribution in [0.4, 0.5) is 0 Å². The zero-order valence-corrected chi connectivity index (χ0v) is 37.2. The molecule has 8 aromatic carbocycles. The van der Waals surface area contributed by atoms with Gasteiger partial charge in [0.15, 0.2) is 5.78 Å². The van der Waals surface area contributed by atoms with Crippen molar-refractivity contribution in [1.29, 1.82) is 0 Å². The van der Waals surface area contributed by atoms with Crippen molar-refractivity contribution in [3.8, 4) is 89.5 Å². The number of hydrogen-bond acceptors (Lipinski definition) is 3. The van der Waals surface area contributed by atoms with Crippen LogP contribution in [-0.4, -0.2) is 15.8 Å². The van der Waals surface area contributed by atoms with E-state index in [-0.39, 0.29) is 5.78 Å². The van der Waals surface area contributed by atoms with Crippen molar-refractivity contribution in [3.05, 3.63) is 253 Å². The molecule has 3 nitrogen and oxygen atoms in total. The first kappa shape index (κ1) is 41.7. The molecule has 0 atom stereocenters. The summed E-state index contributed by atoms with van der Waals surface area (Å²) in [5.41, 5.74) is 19.6. The standard InChI is InChI=1S/C63H48N2O/c1-3-53-55(43-21-9-5-10-22-43)29-17-31-57(53)47-37-49(61-35-19-33-59(64-61)45-25-13-7-14-26-45)41-51(39-47)63(66)52-40-48(58-32-18-30-56(54(58)4-2)44-23-11-6-12-24-44)38-50(42-52)62-36-20-34-60(65-62)46-27-15-8-16-28-46/h5-42H,3-4H2,1-2H3. The molecule has 0 bridgehead atoms. The number of carbonyl (C=O) groups is 1. The molecule has 316 valence electrons. The van der Waals surface area contributed by atoms with Crippen molar-refractivity contribution in [2.75, 3.05) is 0 Å². The molecule has 0 saturated heterocycles. The third kappa shape index (κ3) is 8.55. The van der Waals surface area contributed by atoms with E-state index in [1.54, 1.807) is 0 Å². The monoisotopic (exact) mass is 848 g/mol. The van der Waals surface area contributed by atoms with E-state index >= 15 is 4.79 Å². The Kier molecular flexibility index (Phi) is 11.9. The molecule has 0 N–H and O–H groups in total. The van der Waals surface area contributed by atoms with Crippen molar-refractivity contribution >= 4 is 5.78 Å². The van der Waals surface area contributed by atoms with Crippen LogP contribution in [0.1, 0.15) is 40.9 Å². The molecule has 0 aliphatic heterocycles. The van der Waals surface area contributed by atoms with Crippen LogP contribution in [0, 0.1) is 0 Å². The fraction of sp³-hybridized carbons (Fsp3) is 0.0635. The summed E-state index contributed by atoms with van der Waals surface area (Å²) in [5.74, 6) is -0.0749. The largest absolute Gasteiger partial charge is 0.289 e. The number of carbonyl (C=O) groups excluding carboxylic acids is 1. The van der Waals surface area contributed by atoms with Gasteiger partial charge in [-0.1, -0.05) is 184 Å². The summed E-state index contributed by atoms with van der Waals surface area (Å²) in [5, 5.41) is 0. The Hall–Kier alpha value is -8.27. The molecule has 2 heterocycles. The molecule has 0 aliphatic rings. The normalized spacial score (nSPS) is 11.1.